The molecular weight excluding hydrogens is 252 g/mol. The molecule has 106 valence electrons. The average Bonchev–Trinajstić information content (AvgIpc) is 2.48. The van der Waals surface area contributed by atoms with Crippen LogP contribution < -0.4 is 10.1 Å². The second kappa shape index (κ2) is 6.42. The topological polar surface area (TPSA) is 62.1 Å². The SMILES string of the molecule is CCOc1cccc(NC(=O)C2(C#N)CCCCC2)c1. The van der Waals surface area contributed by atoms with Gasteiger partial charge in [-0.2, -0.15) is 5.26 Å². The number of ether oxygens (including phenoxy) is 1. The fourth-order valence-electron chi connectivity index (χ4n) is 2.63. The molecular formula is C16H20N2O2. The zero-order valence-corrected chi connectivity index (χ0v) is 11.8. The van der Waals surface area contributed by atoms with Crippen LogP contribution in [0.15, 0.2) is 24.3 Å². The van der Waals surface area contributed by atoms with Gasteiger partial charge in [0.15, 0.2) is 0 Å². The van der Waals surface area contributed by atoms with Crippen molar-refractivity contribution in [2.45, 2.75) is 39.0 Å². The molecule has 1 aliphatic carbocycles. The molecule has 0 spiro atoms. The van der Waals surface area contributed by atoms with Gasteiger partial charge >= 0.3 is 0 Å². The molecule has 0 bridgehead atoms. The van der Waals surface area contributed by atoms with E-state index in [1.807, 2.05) is 25.1 Å². The molecule has 1 amide bonds. The van der Waals surface area contributed by atoms with E-state index in [-0.39, 0.29) is 5.91 Å². The summed E-state index contributed by atoms with van der Waals surface area (Å²) in [5.41, 5.74) is -0.180. The first-order valence-corrected chi connectivity index (χ1v) is 7.16. The first kappa shape index (κ1) is 14.4. The molecule has 0 saturated heterocycles. The Balaban J connectivity index is 2.10. The van der Waals surface area contributed by atoms with Gasteiger partial charge in [0.1, 0.15) is 11.2 Å². The third kappa shape index (κ3) is 3.11. The first-order chi connectivity index (χ1) is 9.70. The van der Waals surface area contributed by atoms with Crippen LogP contribution >= 0.6 is 0 Å². The molecule has 1 aromatic carbocycles. The number of benzene rings is 1. The number of carbonyl (C=O) groups excluding carboxylic acids is 1. The van der Waals surface area contributed by atoms with E-state index in [1.54, 1.807) is 6.07 Å². The van der Waals surface area contributed by atoms with Gasteiger partial charge < -0.3 is 10.1 Å². The number of nitrogens with one attached hydrogen (secondary N) is 1. The normalized spacial score (nSPS) is 17.0. The van der Waals surface area contributed by atoms with Crippen LogP contribution in [-0.4, -0.2) is 12.5 Å². The lowest BCUT2D eigenvalue weighted by atomic mass is 9.74. The predicted octanol–water partition coefficient (Wildman–Crippen LogP) is 3.50. The Hall–Kier alpha value is -2.02. The Bertz CT molecular complexity index is 513. The zero-order chi connectivity index (χ0) is 14.4. The van der Waals surface area contributed by atoms with Crippen LogP contribution in [0.25, 0.3) is 0 Å². The Morgan fingerprint density at radius 2 is 2.15 bits per heavy atom. The Labute approximate surface area is 119 Å². The number of nitrogens with zero attached hydrogens (tertiary/aromatic N) is 1. The van der Waals surface area contributed by atoms with E-state index in [0.717, 1.165) is 25.0 Å². The van der Waals surface area contributed by atoms with Crippen LogP contribution in [-0.2, 0) is 4.79 Å². The highest BCUT2D eigenvalue weighted by molar-refractivity contribution is 5.97. The minimum absolute atomic E-state index is 0.187. The largest absolute Gasteiger partial charge is 0.494 e. The zero-order valence-electron chi connectivity index (χ0n) is 11.8. The van der Waals surface area contributed by atoms with Crippen LogP contribution in [0.2, 0.25) is 0 Å². The number of rotatable bonds is 4. The van der Waals surface area contributed by atoms with Gasteiger partial charge in [-0.3, -0.25) is 4.79 Å². The number of hydrogen-bond donors (Lipinski definition) is 1. The monoisotopic (exact) mass is 272 g/mol. The molecule has 1 saturated carbocycles. The van der Waals surface area contributed by atoms with Gasteiger partial charge in [0, 0.05) is 11.8 Å². The second-order valence-electron chi connectivity index (χ2n) is 5.17. The van der Waals surface area contributed by atoms with Gasteiger partial charge in [-0.25, -0.2) is 0 Å². The molecule has 0 aliphatic heterocycles. The number of nitriles is 1. The summed E-state index contributed by atoms with van der Waals surface area (Å²) in [7, 11) is 0. The lowest BCUT2D eigenvalue weighted by Crippen LogP contribution is -2.36. The van der Waals surface area contributed by atoms with Crippen molar-refractivity contribution in [2.75, 3.05) is 11.9 Å². The van der Waals surface area contributed by atoms with E-state index < -0.39 is 5.41 Å². The minimum Gasteiger partial charge on any atom is -0.494 e. The quantitative estimate of drug-likeness (QED) is 0.912. The van der Waals surface area contributed by atoms with Crippen LogP contribution in [0.3, 0.4) is 0 Å². The van der Waals surface area contributed by atoms with Crippen molar-refractivity contribution in [2.24, 2.45) is 5.41 Å². The molecule has 1 aliphatic rings. The summed E-state index contributed by atoms with van der Waals surface area (Å²) in [6.45, 7) is 2.50. The second-order valence-corrected chi connectivity index (χ2v) is 5.17. The molecule has 0 heterocycles. The Morgan fingerprint density at radius 3 is 2.80 bits per heavy atom. The summed E-state index contributed by atoms with van der Waals surface area (Å²) in [5.74, 6) is 0.535. The Morgan fingerprint density at radius 1 is 1.40 bits per heavy atom. The van der Waals surface area contributed by atoms with Crippen molar-refractivity contribution >= 4 is 11.6 Å². The van der Waals surface area contributed by atoms with Gasteiger partial charge in [0.25, 0.3) is 0 Å². The van der Waals surface area contributed by atoms with E-state index in [1.165, 1.54) is 0 Å². The summed E-state index contributed by atoms with van der Waals surface area (Å²) >= 11 is 0. The standard InChI is InChI=1S/C16H20N2O2/c1-2-20-14-8-6-7-13(11-14)18-15(19)16(12-17)9-4-3-5-10-16/h6-8,11H,2-5,9-10H2,1H3,(H,18,19). The maximum atomic E-state index is 12.4. The first-order valence-electron chi connectivity index (χ1n) is 7.16. The summed E-state index contributed by atoms with van der Waals surface area (Å²) in [5, 5.41) is 12.3. The van der Waals surface area contributed by atoms with Gasteiger partial charge in [-0.15, -0.1) is 0 Å². The molecule has 0 aromatic heterocycles. The summed E-state index contributed by atoms with van der Waals surface area (Å²) in [6.07, 6.45) is 4.30. The van der Waals surface area contributed by atoms with Crippen LogP contribution in [0.4, 0.5) is 5.69 Å². The van der Waals surface area contributed by atoms with Crippen LogP contribution in [0.1, 0.15) is 39.0 Å². The van der Waals surface area contributed by atoms with Crippen molar-refractivity contribution in [1.82, 2.24) is 0 Å². The van der Waals surface area contributed by atoms with Crippen molar-refractivity contribution in [3.8, 4) is 11.8 Å². The van der Waals surface area contributed by atoms with Crippen molar-refractivity contribution < 1.29 is 9.53 Å². The van der Waals surface area contributed by atoms with E-state index in [4.69, 9.17) is 4.74 Å². The molecule has 20 heavy (non-hydrogen) atoms. The summed E-state index contributed by atoms with van der Waals surface area (Å²) in [6, 6.07) is 9.52. The molecule has 1 N–H and O–H groups in total. The smallest absolute Gasteiger partial charge is 0.244 e. The molecule has 2 rings (SSSR count). The predicted molar refractivity (Wildman–Crippen MR) is 77.4 cm³/mol. The molecule has 1 aromatic rings. The fourth-order valence-corrected chi connectivity index (χ4v) is 2.63. The maximum absolute atomic E-state index is 12.4. The van der Waals surface area contributed by atoms with Crippen molar-refractivity contribution in [3.63, 3.8) is 0 Å². The van der Waals surface area contributed by atoms with Crippen LogP contribution in [0.5, 0.6) is 5.75 Å². The van der Waals surface area contributed by atoms with E-state index >= 15 is 0 Å². The maximum Gasteiger partial charge on any atom is 0.244 e. The number of anilines is 1. The molecule has 1 fully saturated rings. The Kier molecular flexibility index (Phi) is 4.62. The van der Waals surface area contributed by atoms with E-state index in [0.29, 0.717) is 25.1 Å². The van der Waals surface area contributed by atoms with Gasteiger partial charge in [-0.05, 0) is 31.9 Å². The molecule has 4 heteroatoms. The lowest BCUT2D eigenvalue weighted by Gasteiger charge is -2.29. The number of amides is 1. The van der Waals surface area contributed by atoms with Crippen molar-refractivity contribution in [3.05, 3.63) is 24.3 Å². The highest BCUT2D eigenvalue weighted by atomic mass is 16.5. The highest BCUT2D eigenvalue weighted by Crippen LogP contribution is 2.36. The molecule has 0 atom stereocenters. The third-order valence-electron chi connectivity index (χ3n) is 3.76. The van der Waals surface area contributed by atoms with Crippen molar-refractivity contribution in [1.29, 1.82) is 5.26 Å². The van der Waals surface area contributed by atoms with Gasteiger partial charge in [0.05, 0.1) is 12.7 Å². The fraction of sp³-hybridized carbons (Fsp3) is 0.500. The number of hydrogen-bond acceptors (Lipinski definition) is 3. The lowest BCUT2D eigenvalue weighted by molar-refractivity contribution is -0.124. The van der Waals surface area contributed by atoms with E-state index in [2.05, 4.69) is 11.4 Å². The van der Waals surface area contributed by atoms with Gasteiger partial charge in [-0.1, -0.05) is 25.3 Å². The third-order valence-corrected chi connectivity index (χ3v) is 3.76. The molecule has 4 nitrogen and oxygen atoms in total. The number of carbonyl (C=O) groups is 1. The average molecular weight is 272 g/mol. The highest BCUT2D eigenvalue weighted by Gasteiger charge is 2.39. The van der Waals surface area contributed by atoms with E-state index in [9.17, 15) is 10.1 Å². The molecule has 0 unspecified atom stereocenters. The summed E-state index contributed by atoms with van der Waals surface area (Å²) in [4.78, 5) is 12.4. The van der Waals surface area contributed by atoms with Gasteiger partial charge in [0.2, 0.25) is 5.91 Å². The minimum atomic E-state index is -0.861. The molecule has 0 radical (unpaired) electrons. The summed E-state index contributed by atoms with van der Waals surface area (Å²) < 4.78 is 5.41. The van der Waals surface area contributed by atoms with Crippen LogP contribution in [0, 0.1) is 16.7 Å².